The van der Waals surface area contributed by atoms with Crippen molar-refractivity contribution in [3.8, 4) is 11.5 Å². The van der Waals surface area contributed by atoms with E-state index in [1.807, 2.05) is 0 Å². The molecule has 2 amide bonds. The number of aromatic nitrogens is 2. The Bertz CT molecular complexity index is 1130. The van der Waals surface area contributed by atoms with Crippen molar-refractivity contribution in [1.29, 1.82) is 0 Å². The molecule has 10 heteroatoms. The summed E-state index contributed by atoms with van der Waals surface area (Å²) < 4.78 is 10.3. The number of aromatic amines is 1. The Balaban J connectivity index is 1.81. The third-order valence-electron chi connectivity index (χ3n) is 3.90. The van der Waals surface area contributed by atoms with E-state index in [-0.39, 0.29) is 27.8 Å². The normalized spacial score (nSPS) is 10.4. The van der Waals surface area contributed by atoms with E-state index >= 15 is 0 Å². The molecule has 3 N–H and O–H groups in total. The lowest BCUT2D eigenvalue weighted by Crippen LogP contribution is -2.42. The van der Waals surface area contributed by atoms with Gasteiger partial charge in [0.15, 0.2) is 17.2 Å². The van der Waals surface area contributed by atoms with Gasteiger partial charge in [0.2, 0.25) is 0 Å². The maximum atomic E-state index is 12.4. The van der Waals surface area contributed by atoms with Crippen molar-refractivity contribution in [2.45, 2.75) is 0 Å². The molecule has 0 unspecified atom stereocenters. The molecule has 9 nitrogen and oxygen atoms in total. The summed E-state index contributed by atoms with van der Waals surface area (Å²) in [6, 6.07) is 9.28. The SMILES string of the molecule is COc1cc(C(=O)NNC(=O)c2n[nH]c(=O)c3ccccc23)cc(Cl)c1OC. The molecule has 2 aromatic carbocycles. The number of hydrogen-bond acceptors (Lipinski definition) is 6. The van der Waals surface area contributed by atoms with Crippen LogP contribution in [0.15, 0.2) is 41.2 Å². The number of carbonyl (C=O) groups is 2. The lowest BCUT2D eigenvalue weighted by molar-refractivity contribution is 0.0844. The minimum Gasteiger partial charge on any atom is -0.493 e. The van der Waals surface area contributed by atoms with Crippen LogP contribution in [0.25, 0.3) is 10.8 Å². The molecule has 3 aromatic rings. The number of ether oxygens (including phenoxy) is 2. The zero-order chi connectivity index (χ0) is 20.3. The van der Waals surface area contributed by atoms with Crippen LogP contribution < -0.4 is 25.9 Å². The van der Waals surface area contributed by atoms with Crippen LogP contribution in [0, 0.1) is 0 Å². The molecule has 1 heterocycles. The van der Waals surface area contributed by atoms with Gasteiger partial charge in [-0.25, -0.2) is 5.10 Å². The lowest BCUT2D eigenvalue weighted by atomic mass is 10.1. The number of hydrogen-bond donors (Lipinski definition) is 3. The Morgan fingerprint density at radius 1 is 1.04 bits per heavy atom. The van der Waals surface area contributed by atoms with E-state index in [0.717, 1.165) is 0 Å². The third-order valence-corrected chi connectivity index (χ3v) is 4.18. The highest BCUT2D eigenvalue weighted by Gasteiger charge is 2.18. The zero-order valence-electron chi connectivity index (χ0n) is 14.8. The topological polar surface area (TPSA) is 122 Å². The van der Waals surface area contributed by atoms with Gasteiger partial charge in [-0.05, 0) is 18.2 Å². The summed E-state index contributed by atoms with van der Waals surface area (Å²) in [5, 5.41) is 6.85. The van der Waals surface area contributed by atoms with Crippen LogP contribution in [0.5, 0.6) is 11.5 Å². The summed E-state index contributed by atoms with van der Waals surface area (Å²) in [6.07, 6.45) is 0. The summed E-state index contributed by atoms with van der Waals surface area (Å²) >= 11 is 6.08. The van der Waals surface area contributed by atoms with E-state index in [2.05, 4.69) is 21.0 Å². The quantitative estimate of drug-likeness (QED) is 0.570. The average molecular weight is 403 g/mol. The van der Waals surface area contributed by atoms with Crippen molar-refractivity contribution in [3.63, 3.8) is 0 Å². The Labute approximate surface area is 163 Å². The number of halogens is 1. The molecule has 0 fully saturated rings. The number of nitrogens with zero attached hydrogens (tertiary/aromatic N) is 1. The van der Waals surface area contributed by atoms with E-state index in [1.165, 1.54) is 26.4 Å². The van der Waals surface area contributed by atoms with E-state index in [0.29, 0.717) is 10.8 Å². The highest BCUT2D eigenvalue weighted by Crippen LogP contribution is 2.35. The van der Waals surface area contributed by atoms with E-state index < -0.39 is 17.4 Å². The molecule has 144 valence electrons. The molecular weight excluding hydrogens is 388 g/mol. The summed E-state index contributed by atoms with van der Waals surface area (Å²) in [5.41, 5.74) is 4.20. The monoisotopic (exact) mass is 402 g/mol. The summed E-state index contributed by atoms with van der Waals surface area (Å²) in [6.45, 7) is 0. The smallest absolute Gasteiger partial charge is 0.290 e. The maximum Gasteiger partial charge on any atom is 0.290 e. The summed E-state index contributed by atoms with van der Waals surface area (Å²) in [4.78, 5) is 36.6. The van der Waals surface area contributed by atoms with Crippen LogP contribution in [-0.2, 0) is 0 Å². The van der Waals surface area contributed by atoms with Crippen molar-refractivity contribution in [1.82, 2.24) is 21.0 Å². The first kappa shape index (κ1) is 19.2. The molecule has 0 bridgehead atoms. The van der Waals surface area contributed by atoms with Gasteiger partial charge in [0.05, 0.1) is 24.6 Å². The fourth-order valence-electron chi connectivity index (χ4n) is 2.58. The maximum absolute atomic E-state index is 12.4. The highest BCUT2D eigenvalue weighted by molar-refractivity contribution is 6.32. The predicted octanol–water partition coefficient (Wildman–Crippen LogP) is 1.67. The van der Waals surface area contributed by atoms with Gasteiger partial charge in [-0.15, -0.1) is 0 Å². The fourth-order valence-corrected chi connectivity index (χ4v) is 2.87. The number of rotatable bonds is 4. The van der Waals surface area contributed by atoms with E-state index in [1.54, 1.807) is 24.3 Å². The number of carbonyl (C=O) groups excluding carboxylic acids is 2. The highest BCUT2D eigenvalue weighted by atomic mass is 35.5. The van der Waals surface area contributed by atoms with E-state index in [4.69, 9.17) is 21.1 Å². The molecule has 0 spiro atoms. The predicted molar refractivity (Wildman–Crippen MR) is 102 cm³/mol. The summed E-state index contributed by atoms with van der Waals surface area (Å²) in [7, 11) is 2.83. The van der Waals surface area contributed by atoms with Crippen LogP contribution in [0.4, 0.5) is 0 Å². The number of nitrogens with one attached hydrogen (secondary N) is 3. The number of H-pyrrole nitrogens is 1. The Kier molecular flexibility index (Phi) is 5.46. The van der Waals surface area contributed by atoms with Gasteiger partial charge in [0.25, 0.3) is 17.4 Å². The van der Waals surface area contributed by atoms with Crippen LogP contribution in [0.1, 0.15) is 20.8 Å². The van der Waals surface area contributed by atoms with Crippen LogP contribution in [-0.4, -0.2) is 36.2 Å². The molecule has 0 radical (unpaired) electrons. The first-order valence-corrected chi connectivity index (χ1v) is 8.33. The molecule has 0 aliphatic heterocycles. The van der Waals surface area contributed by atoms with Gasteiger partial charge < -0.3 is 9.47 Å². The van der Waals surface area contributed by atoms with Crippen LogP contribution in [0.2, 0.25) is 5.02 Å². The second kappa shape index (κ2) is 7.97. The first-order valence-electron chi connectivity index (χ1n) is 7.96. The number of benzene rings is 2. The van der Waals surface area contributed by atoms with Gasteiger partial charge >= 0.3 is 0 Å². The van der Waals surface area contributed by atoms with Gasteiger partial charge in [-0.3, -0.25) is 25.2 Å². The van der Waals surface area contributed by atoms with E-state index in [9.17, 15) is 14.4 Å². The Morgan fingerprint density at radius 3 is 2.39 bits per heavy atom. The zero-order valence-corrected chi connectivity index (χ0v) is 15.6. The Hall–Kier alpha value is -3.59. The number of fused-ring (bicyclic) bond motifs is 1. The minimum absolute atomic E-state index is 0.0409. The second-order valence-corrected chi connectivity index (χ2v) is 5.96. The largest absolute Gasteiger partial charge is 0.493 e. The standard InChI is InChI=1S/C18H15ClN4O5/c1-27-13-8-9(7-12(19)15(13)28-2)16(24)21-23-18(26)14-10-5-3-4-6-11(10)17(25)22-20-14/h3-8H,1-2H3,(H,21,24)(H,22,25)(H,23,26). The number of amides is 2. The third kappa shape index (κ3) is 3.60. The van der Waals surface area contributed by atoms with Crippen molar-refractivity contribution >= 4 is 34.2 Å². The van der Waals surface area contributed by atoms with Crippen molar-refractivity contribution in [2.24, 2.45) is 0 Å². The van der Waals surface area contributed by atoms with Crippen molar-refractivity contribution in [2.75, 3.05) is 14.2 Å². The molecule has 0 saturated heterocycles. The van der Waals surface area contributed by atoms with Gasteiger partial charge in [-0.1, -0.05) is 29.8 Å². The number of methoxy groups -OCH3 is 2. The molecule has 28 heavy (non-hydrogen) atoms. The Morgan fingerprint density at radius 2 is 1.71 bits per heavy atom. The van der Waals surface area contributed by atoms with Crippen LogP contribution in [0.3, 0.4) is 0 Å². The minimum atomic E-state index is -0.702. The van der Waals surface area contributed by atoms with Crippen molar-refractivity contribution in [3.05, 3.63) is 63.0 Å². The second-order valence-electron chi connectivity index (χ2n) is 5.55. The molecule has 0 aliphatic rings. The fraction of sp³-hybridized carbons (Fsp3) is 0.111. The molecule has 0 atom stereocenters. The van der Waals surface area contributed by atoms with Gasteiger partial charge in [0.1, 0.15) is 0 Å². The average Bonchev–Trinajstić information content (AvgIpc) is 2.71. The molecule has 0 saturated carbocycles. The summed E-state index contributed by atoms with van der Waals surface area (Å²) in [5.74, 6) is -0.786. The first-order chi connectivity index (χ1) is 13.5. The van der Waals surface area contributed by atoms with Gasteiger partial charge in [-0.2, -0.15) is 5.10 Å². The van der Waals surface area contributed by atoms with Gasteiger partial charge in [0, 0.05) is 10.9 Å². The lowest BCUT2D eigenvalue weighted by Gasteiger charge is -2.12. The van der Waals surface area contributed by atoms with Crippen molar-refractivity contribution < 1.29 is 19.1 Å². The number of hydrazine groups is 1. The molecule has 0 aliphatic carbocycles. The molecule has 1 aromatic heterocycles. The van der Waals surface area contributed by atoms with Crippen LogP contribution >= 0.6 is 11.6 Å². The molecular formula is C18H15ClN4O5. The molecule has 3 rings (SSSR count).